The molecule has 1 aliphatic heterocycles. The van der Waals surface area contributed by atoms with E-state index in [1.165, 1.54) is 17.3 Å². The van der Waals surface area contributed by atoms with Crippen LogP contribution >= 0.6 is 39.5 Å². The molecule has 3 nitrogen and oxygen atoms in total. The normalized spacial score (nSPS) is 19.8. The maximum Gasteiger partial charge on any atom is 0.132 e. The number of hydrogen-bond donors (Lipinski definition) is 1. The fraction of sp³-hybridized carbons (Fsp3) is 0.667. The number of aryl methyl sites for hydroxylation is 1. The Morgan fingerprint density at radius 2 is 2.33 bits per heavy atom. The number of thioether (sulfide) groups is 2. The van der Waals surface area contributed by atoms with Crippen molar-refractivity contribution in [3.63, 3.8) is 0 Å². The van der Waals surface area contributed by atoms with Crippen molar-refractivity contribution < 1.29 is 0 Å². The van der Waals surface area contributed by atoms with Crippen molar-refractivity contribution in [3.8, 4) is 0 Å². The molecule has 1 aromatic heterocycles. The first kappa shape index (κ1) is 14.5. The lowest BCUT2D eigenvalue weighted by atomic mass is 10.3. The third-order valence-corrected chi connectivity index (χ3v) is 5.86. The number of nitrogens with one attached hydrogen (secondary N) is 1. The van der Waals surface area contributed by atoms with Gasteiger partial charge in [0.2, 0.25) is 0 Å². The van der Waals surface area contributed by atoms with Gasteiger partial charge in [0.15, 0.2) is 0 Å². The molecule has 2 rings (SSSR count). The molecule has 1 aromatic rings. The first-order valence-corrected chi connectivity index (χ1v) is 9.24. The average molecular weight is 348 g/mol. The molecule has 1 atom stereocenters. The number of anilines is 1. The Morgan fingerprint density at radius 3 is 3.06 bits per heavy atom. The van der Waals surface area contributed by atoms with E-state index in [9.17, 15) is 0 Å². The Labute approximate surface area is 125 Å². The monoisotopic (exact) mass is 347 g/mol. The van der Waals surface area contributed by atoms with Gasteiger partial charge in [0.25, 0.3) is 0 Å². The Hall–Kier alpha value is 0.0600. The lowest BCUT2D eigenvalue weighted by molar-refractivity contribution is 0.827. The van der Waals surface area contributed by atoms with Crippen molar-refractivity contribution in [3.05, 3.63) is 16.5 Å². The molecular formula is C12H18BrN3S2. The van der Waals surface area contributed by atoms with Crippen LogP contribution in [-0.4, -0.2) is 39.0 Å². The number of aromatic nitrogens is 2. The van der Waals surface area contributed by atoms with E-state index in [-0.39, 0.29) is 0 Å². The maximum atomic E-state index is 4.54. The van der Waals surface area contributed by atoms with Gasteiger partial charge in [0, 0.05) is 41.5 Å². The van der Waals surface area contributed by atoms with E-state index >= 15 is 0 Å². The SMILES string of the molecule is CCCc1nc(Br)cc(NCC2CSCCS2)n1. The molecule has 0 amide bonds. The predicted octanol–water partition coefficient (Wildman–Crippen LogP) is 3.45. The van der Waals surface area contributed by atoms with Gasteiger partial charge in [-0.3, -0.25) is 0 Å². The van der Waals surface area contributed by atoms with Gasteiger partial charge in [-0.05, 0) is 22.4 Å². The summed E-state index contributed by atoms with van der Waals surface area (Å²) in [5.74, 6) is 5.66. The van der Waals surface area contributed by atoms with Crippen LogP contribution in [0, 0.1) is 0 Å². The van der Waals surface area contributed by atoms with Gasteiger partial charge in [0.05, 0.1) is 0 Å². The van der Waals surface area contributed by atoms with Crippen LogP contribution in [0.3, 0.4) is 0 Å². The molecule has 1 aliphatic rings. The Kier molecular flexibility index (Phi) is 6.11. The summed E-state index contributed by atoms with van der Waals surface area (Å²) in [4.78, 5) is 8.91. The van der Waals surface area contributed by atoms with Gasteiger partial charge in [0.1, 0.15) is 16.2 Å². The van der Waals surface area contributed by atoms with E-state index in [1.54, 1.807) is 0 Å². The fourth-order valence-corrected chi connectivity index (χ4v) is 4.80. The van der Waals surface area contributed by atoms with E-state index in [1.807, 2.05) is 17.8 Å². The summed E-state index contributed by atoms with van der Waals surface area (Å²) in [6.45, 7) is 3.14. The van der Waals surface area contributed by atoms with Crippen molar-refractivity contribution in [1.82, 2.24) is 9.97 Å². The largest absolute Gasteiger partial charge is 0.369 e. The van der Waals surface area contributed by atoms with Crippen LogP contribution in [0.2, 0.25) is 0 Å². The van der Waals surface area contributed by atoms with Crippen molar-refractivity contribution in [2.24, 2.45) is 0 Å². The van der Waals surface area contributed by atoms with E-state index in [2.05, 4.69) is 49.9 Å². The second-order valence-corrected chi connectivity index (χ2v) is 7.56. The first-order valence-electron chi connectivity index (χ1n) is 6.24. The summed E-state index contributed by atoms with van der Waals surface area (Å²) < 4.78 is 0.870. The summed E-state index contributed by atoms with van der Waals surface area (Å²) >= 11 is 7.56. The van der Waals surface area contributed by atoms with Crippen LogP contribution in [0.15, 0.2) is 10.7 Å². The highest BCUT2D eigenvalue weighted by molar-refractivity contribution is 9.10. The molecule has 0 radical (unpaired) electrons. The molecule has 18 heavy (non-hydrogen) atoms. The van der Waals surface area contributed by atoms with Crippen molar-refractivity contribution >= 4 is 45.3 Å². The predicted molar refractivity (Wildman–Crippen MR) is 85.8 cm³/mol. The lowest BCUT2D eigenvalue weighted by Crippen LogP contribution is -2.23. The van der Waals surface area contributed by atoms with Crippen molar-refractivity contribution in [2.45, 2.75) is 25.0 Å². The van der Waals surface area contributed by atoms with Crippen molar-refractivity contribution in [1.29, 1.82) is 0 Å². The molecule has 2 heterocycles. The molecular weight excluding hydrogens is 330 g/mol. The second-order valence-electron chi connectivity index (χ2n) is 4.19. The van der Waals surface area contributed by atoms with E-state index < -0.39 is 0 Å². The zero-order chi connectivity index (χ0) is 12.8. The molecule has 0 aliphatic carbocycles. The van der Waals surface area contributed by atoms with Crippen LogP contribution in [0.25, 0.3) is 0 Å². The van der Waals surface area contributed by atoms with Gasteiger partial charge < -0.3 is 5.32 Å². The molecule has 6 heteroatoms. The minimum Gasteiger partial charge on any atom is -0.369 e. The highest BCUT2D eigenvalue weighted by Gasteiger charge is 2.14. The summed E-state index contributed by atoms with van der Waals surface area (Å²) in [6, 6.07) is 1.96. The Balaban J connectivity index is 1.91. The van der Waals surface area contributed by atoms with Crippen molar-refractivity contribution in [2.75, 3.05) is 29.1 Å². The topological polar surface area (TPSA) is 37.8 Å². The molecule has 100 valence electrons. The molecule has 0 saturated carbocycles. The van der Waals surface area contributed by atoms with Gasteiger partial charge in [-0.1, -0.05) is 6.92 Å². The first-order chi connectivity index (χ1) is 8.78. The average Bonchev–Trinajstić information content (AvgIpc) is 2.37. The van der Waals surface area contributed by atoms with Gasteiger partial charge in [-0.15, -0.1) is 0 Å². The van der Waals surface area contributed by atoms with Gasteiger partial charge in [-0.2, -0.15) is 23.5 Å². The number of nitrogens with zero attached hydrogens (tertiary/aromatic N) is 2. The van der Waals surface area contributed by atoms with Crippen LogP contribution in [0.1, 0.15) is 19.2 Å². The van der Waals surface area contributed by atoms with E-state index in [0.29, 0.717) is 5.25 Å². The fourth-order valence-electron chi connectivity index (χ4n) is 1.76. The minimum atomic E-state index is 0.701. The zero-order valence-corrected chi connectivity index (χ0v) is 13.7. The van der Waals surface area contributed by atoms with E-state index in [0.717, 1.165) is 35.6 Å². The van der Waals surface area contributed by atoms with Gasteiger partial charge >= 0.3 is 0 Å². The third-order valence-electron chi connectivity index (χ3n) is 2.61. The van der Waals surface area contributed by atoms with E-state index in [4.69, 9.17) is 0 Å². The third kappa shape index (κ3) is 4.63. The molecule has 0 bridgehead atoms. The summed E-state index contributed by atoms with van der Waals surface area (Å²) in [6.07, 6.45) is 2.01. The zero-order valence-electron chi connectivity index (χ0n) is 10.5. The second kappa shape index (κ2) is 7.60. The Bertz CT molecular complexity index is 384. The molecule has 1 N–H and O–H groups in total. The number of halogens is 1. The van der Waals surface area contributed by atoms with Crippen LogP contribution in [-0.2, 0) is 6.42 Å². The summed E-state index contributed by atoms with van der Waals surface area (Å²) in [7, 11) is 0. The highest BCUT2D eigenvalue weighted by atomic mass is 79.9. The highest BCUT2D eigenvalue weighted by Crippen LogP contribution is 2.24. The lowest BCUT2D eigenvalue weighted by Gasteiger charge is -2.21. The quantitative estimate of drug-likeness (QED) is 0.825. The molecule has 0 spiro atoms. The number of rotatable bonds is 5. The Morgan fingerprint density at radius 1 is 1.44 bits per heavy atom. The molecule has 0 aromatic carbocycles. The molecule has 1 unspecified atom stereocenters. The standard InChI is InChI=1S/C12H18BrN3S2/c1-2-3-11-15-10(13)6-12(16-11)14-7-9-8-17-4-5-18-9/h6,9H,2-5,7-8H2,1H3,(H,14,15,16). The van der Waals surface area contributed by atoms with Crippen LogP contribution < -0.4 is 5.32 Å². The maximum absolute atomic E-state index is 4.54. The molecule has 1 saturated heterocycles. The number of hydrogen-bond acceptors (Lipinski definition) is 5. The smallest absolute Gasteiger partial charge is 0.132 e. The minimum absolute atomic E-state index is 0.701. The summed E-state index contributed by atoms with van der Waals surface area (Å²) in [5, 5.41) is 4.14. The summed E-state index contributed by atoms with van der Waals surface area (Å²) in [5.41, 5.74) is 0. The van der Waals surface area contributed by atoms with Gasteiger partial charge in [-0.25, -0.2) is 9.97 Å². The molecule has 1 fully saturated rings. The van der Waals surface area contributed by atoms with Crippen LogP contribution in [0.4, 0.5) is 5.82 Å². The van der Waals surface area contributed by atoms with Crippen LogP contribution in [0.5, 0.6) is 0 Å².